The molecule has 1 N–H and O–H groups in total. The molecule has 0 aliphatic heterocycles. The second kappa shape index (κ2) is 7.69. The van der Waals surface area contributed by atoms with Crippen molar-refractivity contribution in [3.05, 3.63) is 47.1 Å². The molecule has 0 spiro atoms. The van der Waals surface area contributed by atoms with Gasteiger partial charge in [0.15, 0.2) is 0 Å². The van der Waals surface area contributed by atoms with E-state index >= 15 is 0 Å². The number of methoxy groups -OCH3 is 1. The van der Waals surface area contributed by atoms with E-state index in [9.17, 15) is 4.39 Å². The Kier molecular flexibility index (Phi) is 5.91. The molecule has 0 aliphatic carbocycles. The van der Waals surface area contributed by atoms with Crippen LogP contribution in [0.25, 0.3) is 10.4 Å². The number of thiophene rings is 1. The number of hydrogen-bond acceptors (Lipinski definition) is 3. The van der Waals surface area contributed by atoms with Crippen LogP contribution in [0.2, 0.25) is 0 Å². The lowest BCUT2D eigenvalue weighted by Crippen LogP contribution is -2.37. The van der Waals surface area contributed by atoms with Gasteiger partial charge >= 0.3 is 0 Å². The van der Waals surface area contributed by atoms with Crippen LogP contribution < -0.4 is 5.32 Å². The van der Waals surface area contributed by atoms with Gasteiger partial charge in [0.2, 0.25) is 0 Å². The van der Waals surface area contributed by atoms with E-state index in [0.717, 1.165) is 10.4 Å². The van der Waals surface area contributed by atoms with Gasteiger partial charge < -0.3 is 10.1 Å². The van der Waals surface area contributed by atoms with Gasteiger partial charge in [0.25, 0.3) is 0 Å². The summed E-state index contributed by atoms with van der Waals surface area (Å²) in [6.45, 7) is 5.72. The van der Waals surface area contributed by atoms with Crippen LogP contribution >= 0.6 is 11.3 Å². The molecule has 1 atom stereocenters. The summed E-state index contributed by atoms with van der Waals surface area (Å²) in [5.41, 5.74) is 1.76. The van der Waals surface area contributed by atoms with Gasteiger partial charge in [-0.05, 0) is 35.1 Å². The largest absolute Gasteiger partial charge is 0.383 e. The van der Waals surface area contributed by atoms with Crippen LogP contribution in [-0.2, 0) is 11.3 Å². The van der Waals surface area contributed by atoms with Crippen molar-refractivity contribution in [1.82, 2.24) is 5.32 Å². The number of rotatable bonds is 7. The monoisotopic (exact) mass is 307 g/mol. The fourth-order valence-corrected chi connectivity index (χ4v) is 2.96. The first-order chi connectivity index (χ1) is 10.1. The van der Waals surface area contributed by atoms with Crippen molar-refractivity contribution < 1.29 is 9.13 Å². The fourth-order valence-electron chi connectivity index (χ4n) is 2.22. The van der Waals surface area contributed by atoms with Crippen LogP contribution in [-0.4, -0.2) is 19.8 Å². The summed E-state index contributed by atoms with van der Waals surface area (Å²) >= 11 is 1.56. The normalized spacial score (nSPS) is 12.8. The number of ether oxygens (including phenoxy) is 1. The Morgan fingerprint density at radius 2 is 2.10 bits per heavy atom. The van der Waals surface area contributed by atoms with Gasteiger partial charge in [-0.3, -0.25) is 0 Å². The lowest BCUT2D eigenvalue weighted by Gasteiger charge is -2.21. The van der Waals surface area contributed by atoms with Gasteiger partial charge in [-0.15, -0.1) is 11.3 Å². The standard InChI is InChI=1S/C17H22FNOS/c1-12(2)16(11-20-3)19-10-13-6-7-15(18)14(9-13)17-5-4-8-21-17/h4-9,12,16,19H,10-11H2,1-3H3. The summed E-state index contributed by atoms with van der Waals surface area (Å²) in [6.07, 6.45) is 0. The summed E-state index contributed by atoms with van der Waals surface area (Å²) < 4.78 is 19.2. The number of nitrogens with one attached hydrogen (secondary N) is 1. The molecule has 2 aromatic rings. The average Bonchev–Trinajstić information content (AvgIpc) is 2.98. The highest BCUT2D eigenvalue weighted by Crippen LogP contribution is 2.28. The smallest absolute Gasteiger partial charge is 0.131 e. The molecular formula is C17H22FNOS. The summed E-state index contributed by atoms with van der Waals surface area (Å²) in [6, 6.07) is 9.50. The van der Waals surface area contributed by atoms with Crippen molar-refractivity contribution >= 4 is 11.3 Å². The predicted molar refractivity (Wildman–Crippen MR) is 87.1 cm³/mol. The van der Waals surface area contributed by atoms with Gasteiger partial charge in [-0.25, -0.2) is 4.39 Å². The zero-order valence-electron chi connectivity index (χ0n) is 12.7. The van der Waals surface area contributed by atoms with Crippen molar-refractivity contribution in [2.24, 2.45) is 5.92 Å². The van der Waals surface area contributed by atoms with Crippen LogP contribution in [0.3, 0.4) is 0 Å². The van der Waals surface area contributed by atoms with E-state index in [0.29, 0.717) is 30.7 Å². The first kappa shape index (κ1) is 16.1. The van der Waals surface area contributed by atoms with Crippen molar-refractivity contribution in [2.45, 2.75) is 26.4 Å². The lowest BCUT2D eigenvalue weighted by molar-refractivity contribution is 0.146. The molecule has 4 heteroatoms. The molecule has 1 aromatic heterocycles. The van der Waals surface area contributed by atoms with Gasteiger partial charge in [0.05, 0.1) is 6.61 Å². The molecule has 1 unspecified atom stereocenters. The van der Waals surface area contributed by atoms with Crippen LogP contribution in [0.4, 0.5) is 4.39 Å². The first-order valence-corrected chi connectivity index (χ1v) is 8.04. The van der Waals surface area contributed by atoms with E-state index in [2.05, 4.69) is 19.2 Å². The minimum atomic E-state index is -0.168. The van der Waals surface area contributed by atoms with Gasteiger partial charge in [0, 0.05) is 30.1 Å². The molecule has 0 amide bonds. The highest BCUT2D eigenvalue weighted by Gasteiger charge is 2.13. The van der Waals surface area contributed by atoms with E-state index in [1.807, 2.05) is 29.6 Å². The Balaban J connectivity index is 2.09. The molecule has 1 aromatic carbocycles. The Labute approximate surface area is 130 Å². The van der Waals surface area contributed by atoms with E-state index in [1.54, 1.807) is 24.5 Å². The average molecular weight is 307 g/mol. The van der Waals surface area contributed by atoms with Crippen molar-refractivity contribution in [3.8, 4) is 10.4 Å². The quantitative estimate of drug-likeness (QED) is 0.823. The summed E-state index contributed by atoms with van der Waals surface area (Å²) in [5.74, 6) is 0.320. The number of hydrogen-bond donors (Lipinski definition) is 1. The predicted octanol–water partition coefficient (Wildman–Crippen LogP) is 4.31. The van der Waals surface area contributed by atoms with Crippen molar-refractivity contribution in [3.63, 3.8) is 0 Å². The second-order valence-corrected chi connectivity index (χ2v) is 6.43. The third-order valence-corrected chi connectivity index (χ3v) is 4.44. The molecule has 0 bridgehead atoms. The molecule has 0 saturated heterocycles. The Morgan fingerprint density at radius 3 is 2.71 bits per heavy atom. The molecule has 2 rings (SSSR count). The SMILES string of the molecule is COCC(NCc1ccc(F)c(-c2cccs2)c1)C(C)C. The van der Waals surface area contributed by atoms with Crippen molar-refractivity contribution in [2.75, 3.05) is 13.7 Å². The maximum Gasteiger partial charge on any atom is 0.131 e. The Morgan fingerprint density at radius 1 is 1.29 bits per heavy atom. The summed E-state index contributed by atoms with van der Waals surface area (Å²) in [7, 11) is 1.71. The molecule has 2 nitrogen and oxygen atoms in total. The van der Waals surface area contributed by atoms with E-state index in [4.69, 9.17) is 4.74 Å². The third kappa shape index (κ3) is 4.37. The van der Waals surface area contributed by atoms with Crippen LogP contribution in [0.5, 0.6) is 0 Å². The zero-order valence-corrected chi connectivity index (χ0v) is 13.5. The molecule has 1 heterocycles. The van der Waals surface area contributed by atoms with E-state index in [1.165, 1.54) is 0 Å². The van der Waals surface area contributed by atoms with E-state index in [-0.39, 0.29) is 5.82 Å². The van der Waals surface area contributed by atoms with Crippen LogP contribution in [0.15, 0.2) is 35.7 Å². The van der Waals surface area contributed by atoms with Gasteiger partial charge in [0.1, 0.15) is 5.82 Å². The molecule has 0 saturated carbocycles. The summed E-state index contributed by atoms with van der Waals surface area (Å²) in [5, 5.41) is 5.45. The van der Waals surface area contributed by atoms with E-state index < -0.39 is 0 Å². The maximum atomic E-state index is 13.9. The first-order valence-electron chi connectivity index (χ1n) is 7.16. The number of halogens is 1. The second-order valence-electron chi connectivity index (χ2n) is 5.48. The molecule has 21 heavy (non-hydrogen) atoms. The van der Waals surface area contributed by atoms with Gasteiger partial charge in [-0.1, -0.05) is 26.0 Å². The summed E-state index contributed by atoms with van der Waals surface area (Å²) in [4.78, 5) is 0.964. The maximum absolute atomic E-state index is 13.9. The molecule has 0 fully saturated rings. The highest BCUT2D eigenvalue weighted by molar-refractivity contribution is 7.13. The minimum absolute atomic E-state index is 0.168. The van der Waals surface area contributed by atoms with Gasteiger partial charge in [-0.2, -0.15) is 0 Å². The van der Waals surface area contributed by atoms with Crippen molar-refractivity contribution in [1.29, 1.82) is 0 Å². The lowest BCUT2D eigenvalue weighted by atomic mass is 10.0. The Bertz CT molecular complexity index is 554. The topological polar surface area (TPSA) is 21.3 Å². The fraction of sp³-hybridized carbons (Fsp3) is 0.412. The molecule has 0 aliphatic rings. The number of benzene rings is 1. The molecule has 114 valence electrons. The Hall–Kier alpha value is -1.23. The third-order valence-electron chi connectivity index (χ3n) is 3.54. The zero-order chi connectivity index (χ0) is 15.2. The molecule has 0 radical (unpaired) electrons. The molecular weight excluding hydrogens is 285 g/mol. The highest BCUT2D eigenvalue weighted by atomic mass is 32.1. The minimum Gasteiger partial charge on any atom is -0.383 e. The van der Waals surface area contributed by atoms with Crippen LogP contribution in [0, 0.1) is 11.7 Å². The van der Waals surface area contributed by atoms with Crippen LogP contribution in [0.1, 0.15) is 19.4 Å².